The molecule has 0 radical (unpaired) electrons. The van der Waals surface area contributed by atoms with E-state index in [1.165, 1.54) is 5.56 Å². The Morgan fingerprint density at radius 1 is 1.10 bits per heavy atom. The first-order valence-electron chi connectivity index (χ1n) is 10.4. The maximum atomic E-state index is 11.9. The van der Waals surface area contributed by atoms with Gasteiger partial charge in [0.1, 0.15) is 5.82 Å². The Morgan fingerprint density at radius 3 is 2.59 bits per heavy atom. The standard InChI is InChI=1S/C24H32N2O3/c1-3-29-24(27)16-22(23-17-25-20(2)26-18-23)14-10-5-4-6-11-15-28-19-21-12-8-7-9-13-21/h7-10,12-14,17-18,22H,3-6,11,15-16,19H2,1-2H3/b14-10+. The summed E-state index contributed by atoms with van der Waals surface area (Å²) in [6, 6.07) is 10.2. The van der Waals surface area contributed by atoms with Gasteiger partial charge in [0.2, 0.25) is 0 Å². The minimum Gasteiger partial charge on any atom is -0.466 e. The summed E-state index contributed by atoms with van der Waals surface area (Å²) < 4.78 is 10.8. The van der Waals surface area contributed by atoms with Gasteiger partial charge >= 0.3 is 5.97 Å². The smallest absolute Gasteiger partial charge is 0.306 e. The highest BCUT2D eigenvalue weighted by molar-refractivity contribution is 5.70. The maximum Gasteiger partial charge on any atom is 0.306 e. The third-order valence-corrected chi connectivity index (χ3v) is 4.56. The molecule has 1 aromatic carbocycles. The second-order valence-electron chi connectivity index (χ2n) is 6.99. The third-order valence-electron chi connectivity index (χ3n) is 4.56. The lowest BCUT2D eigenvalue weighted by atomic mass is 9.97. The van der Waals surface area contributed by atoms with Gasteiger partial charge in [0.25, 0.3) is 0 Å². The monoisotopic (exact) mass is 396 g/mol. The minimum absolute atomic E-state index is 0.0520. The van der Waals surface area contributed by atoms with Crippen LogP contribution in [0.2, 0.25) is 0 Å². The number of esters is 1. The molecule has 1 unspecified atom stereocenters. The summed E-state index contributed by atoms with van der Waals surface area (Å²) in [7, 11) is 0. The fraction of sp³-hybridized carbons (Fsp3) is 0.458. The number of rotatable bonds is 13. The van der Waals surface area contributed by atoms with Gasteiger partial charge in [0.15, 0.2) is 0 Å². The molecule has 1 atom stereocenters. The summed E-state index contributed by atoms with van der Waals surface area (Å²) in [6.45, 7) is 5.52. The first-order chi connectivity index (χ1) is 14.2. The van der Waals surface area contributed by atoms with Crippen molar-refractivity contribution >= 4 is 5.97 Å². The highest BCUT2D eigenvalue weighted by Gasteiger charge is 2.15. The number of aryl methyl sites for hydroxylation is 1. The number of hydrogen-bond donors (Lipinski definition) is 0. The van der Waals surface area contributed by atoms with Crippen molar-refractivity contribution in [2.24, 2.45) is 0 Å². The van der Waals surface area contributed by atoms with E-state index in [9.17, 15) is 4.79 Å². The van der Waals surface area contributed by atoms with Crippen LogP contribution in [0.3, 0.4) is 0 Å². The van der Waals surface area contributed by atoms with Gasteiger partial charge in [-0.3, -0.25) is 4.79 Å². The van der Waals surface area contributed by atoms with Crippen LogP contribution in [0.1, 0.15) is 61.9 Å². The van der Waals surface area contributed by atoms with Gasteiger partial charge in [-0.25, -0.2) is 9.97 Å². The van der Waals surface area contributed by atoms with Crippen molar-refractivity contribution in [1.82, 2.24) is 9.97 Å². The van der Waals surface area contributed by atoms with Gasteiger partial charge in [-0.1, -0.05) is 48.9 Å². The van der Waals surface area contributed by atoms with E-state index >= 15 is 0 Å². The van der Waals surface area contributed by atoms with Crippen LogP contribution in [0.4, 0.5) is 0 Å². The highest BCUT2D eigenvalue weighted by Crippen LogP contribution is 2.21. The topological polar surface area (TPSA) is 61.3 Å². The average molecular weight is 397 g/mol. The van der Waals surface area contributed by atoms with E-state index < -0.39 is 0 Å². The van der Waals surface area contributed by atoms with Gasteiger partial charge in [-0.2, -0.15) is 0 Å². The normalized spacial score (nSPS) is 12.2. The summed E-state index contributed by atoms with van der Waals surface area (Å²) >= 11 is 0. The van der Waals surface area contributed by atoms with Crippen molar-refractivity contribution in [3.8, 4) is 0 Å². The summed E-state index contributed by atoms with van der Waals surface area (Å²) in [5.74, 6) is 0.476. The van der Waals surface area contributed by atoms with Crippen LogP contribution < -0.4 is 0 Å². The Morgan fingerprint density at radius 2 is 1.86 bits per heavy atom. The molecule has 0 bridgehead atoms. The largest absolute Gasteiger partial charge is 0.466 e. The number of unbranched alkanes of at least 4 members (excludes halogenated alkanes) is 3. The number of nitrogens with zero attached hydrogens (tertiary/aromatic N) is 2. The number of hydrogen-bond acceptors (Lipinski definition) is 5. The van der Waals surface area contributed by atoms with E-state index in [0.29, 0.717) is 19.6 Å². The van der Waals surface area contributed by atoms with Crippen LogP contribution in [-0.2, 0) is 20.9 Å². The van der Waals surface area contributed by atoms with Crippen LogP contribution in [0, 0.1) is 6.92 Å². The van der Waals surface area contributed by atoms with E-state index in [4.69, 9.17) is 9.47 Å². The van der Waals surface area contributed by atoms with E-state index in [0.717, 1.165) is 43.7 Å². The molecule has 156 valence electrons. The molecule has 0 saturated heterocycles. The van der Waals surface area contributed by atoms with Gasteiger partial charge < -0.3 is 9.47 Å². The predicted octanol–water partition coefficient (Wildman–Crippen LogP) is 5.16. The molecule has 0 aliphatic rings. The Hall–Kier alpha value is -2.53. The van der Waals surface area contributed by atoms with Gasteiger partial charge in [-0.05, 0) is 44.2 Å². The molecule has 0 saturated carbocycles. The van der Waals surface area contributed by atoms with Crippen molar-refractivity contribution in [3.05, 3.63) is 71.8 Å². The average Bonchev–Trinajstić information content (AvgIpc) is 2.73. The fourth-order valence-electron chi connectivity index (χ4n) is 2.96. The van der Waals surface area contributed by atoms with E-state index in [1.54, 1.807) is 12.4 Å². The van der Waals surface area contributed by atoms with E-state index in [-0.39, 0.29) is 11.9 Å². The molecule has 1 aromatic heterocycles. The predicted molar refractivity (Wildman–Crippen MR) is 114 cm³/mol. The number of aromatic nitrogens is 2. The van der Waals surface area contributed by atoms with Gasteiger partial charge in [0, 0.05) is 24.9 Å². The zero-order valence-electron chi connectivity index (χ0n) is 17.5. The zero-order valence-corrected chi connectivity index (χ0v) is 17.5. The van der Waals surface area contributed by atoms with Crippen molar-refractivity contribution < 1.29 is 14.3 Å². The molecular formula is C24H32N2O3. The molecule has 2 rings (SSSR count). The van der Waals surface area contributed by atoms with E-state index in [2.05, 4.69) is 34.3 Å². The first-order valence-corrected chi connectivity index (χ1v) is 10.4. The molecular weight excluding hydrogens is 364 g/mol. The van der Waals surface area contributed by atoms with Gasteiger partial charge in [-0.15, -0.1) is 0 Å². The number of benzene rings is 1. The Bertz CT molecular complexity index is 730. The number of allylic oxidation sites excluding steroid dienone is 2. The van der Waals surface area contributed by atoms with Crippen LogP contribution in [0.15, 0.2) is 54.9 Å². The summed E-state index contributed by atoms with van der Waals surface area (Å²) in [5.41, 5.74) is 2.15. The first kappa shape index (κ1) is 22.8. The van der Waals surface area contributed by atoms with Crippen LogP contribution in [0.5, 0.6) is 0 Å². The third kappa shape index (κ3) is 9.48. The second-order valence-corrected chi connectivity index (χ2v) is 6.99. The molecule has 0 aliphatic carbocycles. The lowest BCUT2D eigenvalue weighted by Gasteiger charge is -2.12. The summed E-state index contributed by atoms with van der Waals surface area (Å²) in [4.78, 5) is 20.4. The fourth-order valence-corrected chi connectivity index (χ4v) is 2.96. The molecule has 0 fully saturated rings. The molecule has 0 aliphatic heterocycles. The second kappa shape index (κ2) is 13.6. The highest BCUT2D eigenvalue weighted by atomic mass is 16.5. The number of carbonyl (C=O) groups excluding carboxylic acids is 1. The Kier molecular flexibility index (Phi) is 10.7. The lowest BCUT2D eigenvalue weighted by Crippen LogP contribution is -2.10. The molecule has 5 nitrogen and oxygen atoms in total. The quantitative estimate of drug-likeness (QED) is 0.266. The van der Waals surface area contributed by atoms with Crippen molar-refractivity contribution in [2.45, 2.75) is 58.5 Å². The zero-order chi connectivity index (χ0) is 20.7. The van der Waals surface area contributed by atoms with Crippen molar-refractivity contribution in [3.63, 3.8) is 0 Å². The Balaban J connectivity index is 1.68. The van der Waals surface area contributed by atoms with Crippen molar-refractivity contribution in [1.29, 1.82) is 0 Å². The molecule has 0 amide bonds. The van der Waals surface area contributed by atoms with Crippen LogP contribution in [0.25, 0.3) is 0 Å². The van der Waals surface area contributed by atoms with Gasteiger partial charge in [0.05, 0.1) is 19.6 Å². The van der Waals surface area contributed by atoms with Crippen LogP contribution >= 0.6 is 0 Å². The number of carbonyl (C=O) groups is 1. The molecule has 5 heteroatoms. The SMILES string of the molecule is CCOC(=O)CC(/C=C/CCCCCOCc1ccccc1)c1cnc(C)nc1. The molecule has 29 heavy (non-hydrogen) atoms. The lowest BCUT2D eigenvalue weighted by molar-refractivity contribution is -0.143. The minimum atomic E-state index is -0.196. The maximum absolute atomic E-state index is 11.9. The molecule has 1 heterocycles. The summed E-state index contributed by atoms with van der Waals surface area (Å²) in [5, 5.41) is 0. The number of ether oxygens (including phenoxy) is 2. The van der Waals surface area contributed by atoms with E-state index in [1.807, 2.05) is 32.0 Å². The molecule has 0 N–H and O–H groups in total. The molecule has 2 aromatic rings. The van der Waals surface area contributed by atoms with Crippen LogP contribution in [-0.4, -0.2) is 29.2 Å². The molecule has 0 spiro atoms. The summed E-state index contributed by atoms with van der Waals surface area (Å²) in [6.07, 6.45) is 12.4. The Labute approximate surface area is 174 Å². The van der Waals surface area contributed by atoms with Crippen molar-refractivity contribution in [2.75, 3.05) is 13.2 Å².